The molecule has 0 aliphatic rings. The SMILES string of the molecule is CCOc1ccc(-c2ccc(=O)n(CCNC(=O)c3ccsc3)n2)cc1. The number of aromatic nitrogens is 2. The number of amides is 1. The normalized spacial score (nSPS) is 10.5. The number of rotatable bonds is 7. The minimum Gasteiger partial charge on any atom is -0.494 e. The zero-order valence-corrected chi connectivity index (χ0v) is 15.2. The number of nitrogens with one attached hydrogen (secondary N) is 1. The summed E-state index contributed by atoms with van der Waals surface area (Å²) in [6.45, 7) is 3.18. The van der Waals surface area contributed by atoms with Crippen molar-refractivity contribution in [1.82, 2.24) is 15.1 Å². The maximum atomic E-state index is 12.0. The molecule has 0 atom stereocenters. The van der Waals surface area contributed by atoms with Crippen LogP contribution in [0, 0.1) is 0 Å². The summed E-state index contributed by atoms with van der Waals surface area (Å²) >= 11 is 1.47. The summed E-state index contributed by atoms with van der Waals surface area (Å²) in [5.41, 5.74) is 2.00. The average molecular weight is 369 g/mol. The van der Waals surface area contributed by atoms with Crippen LogP contribution >= 0.6 is 11.3 Å². The summed E-state index contributed by atoms with van der Waals surface area (Å²) < 4.78 is 6.79. The van der Waals surface area contributed by atoms with Gasteiger partial charge in [0.05, 0.1) is 18.8 Å². The molecule has 0 aliphatic heterocycles. The molecule has 2 aromatic heterocycles. The number of nitrogens with zero attached hydrogens (tertiary/aromatic N) is 2. The summed E-state index contributed by atoms with van der Waals surface area (Å²) in [6, 6.07) is 12.5. The Kier molecular flexibility index (Phi) is 5.80. The molecule has 0 fully saturated rings. The van der Waals surface area contributed by atoms with Crippen LogP contribution in [0.15, 0.2) is 58.0 Å². The molecule has 0 unspecified atom stereocenters. The zero-order chi connectivity index (χ0) is 18.4. The molecule has 0 saturated carbocycles. The van der Waals surface area contributed by atoms with Crippen LogP contribution in [0.5, 0.6) is 5.75 Å². The van der Waals surface area contributed by atoms with Crippen molar-refractivity contribution in [3.05, 3.63) is 69.1 Å². The number of thiophene rings is 1. The Balaban J connectivity index is 1.67. The van der Waals surface area contributed by atoms with Gasteiger partial charge in [0, 0.05) is 29.1 Å². The molecule has 134 valence electrons. The van der Waals surface area contributed by atoms with Gasteiger partial charge in [-0.15, -0.1) is 0 Å². The van der Waals surface area contributed by atoms with E-state index in [1.807, 2.05) is 36.6 Å². The molecule has 2 heterocycles. The van der Waals surface area contributed by atoms with Crippen LogP contribution in [0.4, 0.5) is 0 Å². The Morgan fingerprint density at radius 1 is 1.19 bits per heavy atom. The third kappa shape index (κ3) is 4.37. The summed E-state index contributed by atoms with van der Waals surface area (Å²) in [5.74, 6) is 0.641. The van der Waals surface area contributed by atoms with Crippen LogP contribution in [0.1, 0.15) is 17.3 Å². The zero-order valence-electron chi connectivity index (χ0n) is 14.3. The van der Waals surface area contributed by atoms with Crippen LogP contribution in [0.25, 0.3) is 11.3 Å². The predicted molar refractivity (Wildman–Crippen MR) is 102 cm³/mol. The molecule has 6 nitrogen and oxygen atoms in total. The van der Waals surface area contributed by atoms with Gasteiger partial charge in [0.2, 0.25) is 0 Å². The molecule has 3 aromatic rings. The monoisotopic (exact) mass is 369 g/mol. The number of hydrogen-bond acceptors (Lipinski definition) is 5. The fourth-order valence-electron chi connectivity index (χ4n) is 2.42. The predicted octanol–water partition coefficient (Wildman–Crippen LogP) is 2.80. The van der Waals surface area contributed by atoms with Gasteiger partial charge in [-0.25, -0.2) is 4.68 Å². The van der Waals surface area contributed by atoms with Gasteiger partial charge in [-0.3, -0.25) is 9.59 Å². The fourth-order valence-corrected chi connectivity index (χ4v) is 3.06. The standard InChI is InChI=1S/C19H19N3O3S/c1-2-25-16-5-3-14(4-6-16)17-7-8-18(23)22(21-17)11-10-20-19(24)15-9-12-26-13-15/h3-9,12-13H,2,10-11H2,1H3,(H,20,24). The Labute approximate surface area is 155 Å². The van der Waals surface area contributed by atoms with Gasteiger partial charge in [0.25, 0.3) is 11.5 Å². The molecule has 1 aromatic carbocycles. The Hall–Kier alpha value is -2.93. The number of carbonyl (C=O) groups excluding carboxylic acids is 1. The molecule has 26 heavy (non-hydrogen) atoms. The molecule has 1 N–H and O–H groups in total. The first kappa shape index (κ1) is 17.9. The van der Waals surface area contributed by atoms with E-state index in [0.717, 1.165) is 11.3 Å². The van der Waals surface area contributed by atoms with Crippen molar-refractivity contribution >= 4 is 17.2 Å². The highest BCUT2D eigenvalue weighted by Crippen LogP contribution is 2.19. The van der Waals surface area contributed by atoms with Crippen molar-refractivity contribution in [3.8, 4) is 17.0 Å². The maximum absolute atomic E-state index is 12.0. The molecule has 1 amide bonds. The van der Waals surface area contributed by atoms with Crippen LogP contribution in [-0.4, -0.2) is 28.8 Å². The molecule has 3 rings (SSSR count). The smallest absolute Gasteiger partial charge is 0.266 e. The Bertz CT molecular complexity index is 918. The van der Waals surface area contributed by atoms with Crippen LogP contribution in [-0.2, 0) is 6.54 Å². The fraction of sp³-hybridized carbons (Fsp3) is 0.211. The topological polar surface area (TPSA) is 73.2 Å². The molecule has 0 radical (unpaired) electrons. The quantitative estimate of drug-likeness (QED) is 0.695. The van der Waals surface area contributed by atoms with Gasteiger partial charge in [-0.05, 0) is 48.7 Å². The number of ether oxygens (including phenoxy) is 1. The van der Waals surface area contributed by atoms with Crippen molar-refractivity contribution in [2.45, 2.75) is 13.5 Å². The van der Waals surface area contributed by atoms with E-state index in [1.165, 1.54) is 22.1 Å². The number of benzene rings is 1. The third-order valence-electron chi connectivity index (χ3n) is 3.72. The molecule has 0 bridgehead atoms. The van der Waals surface area contributed by atoms with Gasteiger partial charge in [-0.2, -0.15) is 16.4 Å². The van der Waals surface area contributed by atoms with E-state index in [1.54, 1.807) is 17.5 Å². The average Bonchev–Trinajstić information content (AvgIpc) is 3.19. The lowest BCUT2D eigenvalue weighted by Crippen LogP contribution is -2.31. The molecule has 0 aliphatic carbocycles. The van der Waals surface area contributed by atoms with Gasteiger partial charge in [0.15, 0.2) is 0 Å². The minimum absolute atomic E-state index is 0.151. The van der Waals surface area contributed by atoms with Crippen molar-refractivity contribution < 1.29 is 9.53 Å². The van der Waals surface area contributed by atoms with Gasteiger partial charge >= 0.3 is 0 Å². The van der Waals surface area contributed by atoms with Crippen molar-refractivity contribution in [1.29, 1.82) is 0 Å². The van der Waals surface area contributed by atoms with E-state index in [-0.39, 0.29) is 11.5 Å². The second kappa shape index (κ2) is 8.44. The molecular weight excluding hydrogens is 350 g/mol. The molecule has 7 heteroatoms. The van der Waals surface area contributed by atoms with E-state index in [9.17, 15) is 9.59 Å². The first-order valence-electron chi connectivity index (χ1n) is 8.29. The highest BCUT2D eigenvalue weighted by Gasteiger charge is 2.07. The lowest BCUT2D eigenvalue weighted by Gasteiger charge is -2.09. The minimum atomic E-state index is -0.204. The highest BCUT2D eigenvalue weighted by atomic mass is 32.1. The third-order valence-corrected chi connectivity index (χ3v) is 4.40. The van der Waals surface area contributed by atoms with Crippen molar-refractivity contribution in [2.75, 3.05) is 13.2 Å². The van der Waals surface area contributed by atoms with Crippen LogP contribution in [0.2, 0.25) is 0 Å². The summed E-state index contributed by atoms with van der Waals surface area (Å²) in [7, 11) is 0. The second-order valence-corrected chi connectivity index (χ2v) is 6.29. The van der Waals surface area contributed by atoms with Crippen molar-refractivity contribution in [3.63, 3.8) is 0 Å². The first-order chi connectivity index (χ1) is 12.7. The van der Waals surface area contributed by atoms with E-state index in [2.05, 4.69) is 10.4 Å². The number of hydrogen-bond donors (Lipinski definition) is 1. The van der Waals surface area contributed by atoms with Crippen LogP contribution < -0.4 is 15.6 Å². The first-order valence-corrected chi connectivity index (χ1v) is 9.23. The lowest BCUT2D eigenvalue weighted by molar-refractivity contribution is 0.0952. The largest absolute Gasteiger partial charge is 0.494 e. The summed E-state index contributed by atoms with van der Waals surface area (Å²) in [5, 5.41) is 10.8. The summed E-state index contributed by atoms with van der Waals surface area (Å²) in [6.07, 6.45) is 0. The van der Waals surface area contributed by atoms with Gasteiger partial charge in [-0.1, -0.05) is 0 Å². The molecule has 0 saturated heterocycles. The van der Waals surface area contributed by atoms with Gasteiger partial charge in [0.1, 0.15) is 5.75 Å². The van der Waals surface area contributed by atoms with Crippen LogP contribution in [0.3, 0.4) is 0 Å². The van der Waals surface area contributed by atoms with E-state index in [0.29, 0.717) is 31.0 Å². The van der Waals surface area contributed by atoms with Crippen molar-refractivity contribution in [2.24, 2.45) is 0 Å². The van der Waals surface area contributed by atoms with E-state index in [4.69, 9.17) is 4.74 Å². The Morgan fingerprint density at radius 3 is 2.69 bits per heavy atom. The second-order valence-electron chi connectivity index (χ2n) is 5.51. The number of carbonyl (C=O) groups is 1. The Morgan fingerprint density at radius 2 is 2.00 bits per heavy atom. The van der Waals surface area contributed by atoms with E-state index >= 15 is 0 Å². The van der Waals surface area contributed by atoms with Gasteiger partial charge < -0.3 is 10.1 Å². The molecular formula is C19H19N3O3S. The lowest BCUT2D eigenvalue weighted by atomic mass is 10.1. The highest BCUT2D eigenvalue weighted by molar-refractivity contribution is 7.08. The molecule has 0 spiro atoms. The maximum Gasteiger partial charge on any atom is 0.266 e. The van der Waals surface area contributed by atoms with E-state index < -0.39 is 0 Å². The summed E-state index contributed by atoms with van der Waals surface area (Å²) in [4.78, 5) is 23.9.